The van der Waals surface area contributed by atoms with Crippen molar-refractivity contribution in [3.8, 4) is 0 Å². The van der Waals surface area contributed by atoms with Crippen LogP contribution >= 0.6 is 0 Å². The van der Waals surface area contributed by atoms with Crippen LogP contribution in [0.2, 0.25) is 0 Å². The molecule has 0 spiro atoms. The third-order valence-electron chi connectivity index (χ3n) is 8.02. The minimum Gasteiger partial charge on any atom is -0.481 e. The highest BCUT2D eigenvalue weighted by molar-refractivity contribution is 5.94. The number of aliphatic hydroxyl groups excluding tert-OH is 1. The van der Waals surface area contributed by atoms with Gasteiger partial charge in [0.15, 0.2) is 0 Å². The van der Waals surface area contributed by atoms with Gasteiger partial charge in [0.2, 0.25) is 0 Å². The molecule has 0 radical (unpaired) electrons. The third-order valence-corrected chi connectivity index (χ3v) is 8.02. The Morgan fingerprint density at radius 1 is 0.921 bits per heavy atom. The van der Waals surface area contributed by atoms with E-state index in [9.17, 15) is 14.7 Å². The van der Waals surface area contributed by atoms with Gasteiger partial charge < -0.3 is 20.4 Å². The van der Waals surface area contributed by atoms with E-state index in [4.69, 9.17) is 5.11 Å². The summed E-state index contributed by atoms with van der Waals surface area (Å²) >= 11 is 0. The van der Waals surface area contributed by atoms with Gasteiger partial charge in [-0.1, -0.05) is 69.4 Å². The number of amides is 1. The molecule has 208 valence electrons. The quantitative estimate of drug-likeness (QED) is 0.227. The Bertz CT molecular complexity index is 955. The van der Waals surface area contributed by atoms with Crippen LogP contribution < -0.4 is 10.2 Å². The van der Waals surface area contributed by atoms with Gasteiger partial charge in [0.1, 0.15) is 0 Å². The molecule has 2 aromatic carbocycles. The molecule has 1 aliphatic heterocycles. The molecule has 0 bridgehead atoms. The number of unbranched alkanes of at least 4 members (excludes halogenated alkanes) is 4. The molecule has 0 aliphatic carbocycles. The first-order chi connectivity index (χ1) is 18.5. The minimum absolute atomic E-state index is 0.0747. The summed E-state index contributed by atoms with van der Waals surface area (Å²) in [5.74, 6) is -0.983. The normalized spacial score (nSPS) is 15.7. The van der Waals surface area contributed by atoms with Crippen molar-refractivity contribution in [1.82, 2.24) is 5.32 Å². The number of nitrogens with one attached hydrogen (secondary N) is 1. The number of piperidine rings is 1. The number of aliphatic hydroxyl groups is 1. The Morgan fingerprint density at radius 3 is 2.24 bits per heavy atom. The van der Waals surface area contributed by atoms with E-state index in [0.29, 0.717) is 37.3 Å². The Kier molecular flexibility index (Phi) is 12.6. The number of carboxylic acid groups (broad SMARTS) is 1. The SMILES string of the molecule is CCCCCCC(CNC(=O)c1ccc(N2CCC(c3ccccc3)CC2)cc1)C(CCCCO)C(=O)O. The van der Waals surface area contributed by atoms with Gasteiger partial charge in [-0.2, -0.15) is 0 Å². The molecule has 1 fully saturated rings. The summed E-state index contributed by atoms with van der Waals surface area (Å²) < 4.78 is 0. The number of carbonyl (C=O) groups is 2. The Hall–Kier alpha value is -2.86. The van der Waals surface area contributed by atoms with Crippen molar-refractivity contribution in [3.63, 3.8) is 0 Å². The van der Waals surface area contributed by atoms with Crippen molar-refractivity contribution >= 4 is 17.6 Å². The van der Waals surface area contributed by atoms with Crippen molar-refractivity contribution in [2.75, 3.05) is 31.1 Å². The van der Waals surface area contributed by atoms with E-state index < -0.39 is 11.9 Å². The van der Waals surface area contributed by atoms with E-state index in [1.165, 1.54) is 5.56 Å². The van der Waals surface area contributed by atoms with Crippen LogP contribution in [0.15, 0.2) is 54.6 Å². The number of carboxylic acids is 1. The lowest BCUT2D eigenvalue weighted by Gasteiger charge is -2.34. The van der Waals surface area contributed by atoms with Gasteiger partial charge in [-0.3, -0.25) is 9.59 Å². The topological polar surface area (TPSA) is 89.9 Å². The fourth-order valence-electron chi connectivity index (χ4n) is 5.66. The summed E-state index contributed by atoms with van der Waals surface area (Å²) in [6.07, 6.45) is 9.14. The van der Waals surface area contributed by atoms with E-state index in [0.717, 1.165) is 63.7 Å². The number of anilines is 1. The van der Waals surface area contributed by atoms with Crippen molar-refractivity contribution in [2.45, 2.75) is 77.0 Å². The maximum Gasteiger partial charge on any atom is 0.306 e. The van der Waals surface area contributed by atoms with Gasteiger partial charge in [0.25, 0.3) is 5.91 Å². The molecule has 1 aliphatic rings. The molecule has 38 heavy (non-hydrogen) atoms. The van der Waals surface area contributed by atoms with Crippen LogP contribution in [0.4, 0.5) is 5.69 Å². The fraction of sp³-hybridized carbons (Fsp3) is 0.562. The molecule has 1 saturated heterocycles. The van der Waals surface area contributed by atoms with E-state index in [-0.39, 0.29) is 18.4 Å². The third kappa shape index (κ3) is 9.16. The van der Waals surface area contributed by atoms with E-state index >= 15 is 0 Å². The van der Waals surface area contributed by atoms with E-state index in [2.05, 4.69) is 47.5 Å². The van der Waals surface area contributed by atoms with Gasteiger partial charge in [0.05, 0.1) is 5.92 Å². The minimum atomic E-state index is -0.807. The largest absolute Gasteiger partial charge is 0.481 e. The number of benzene rings is 2. The zero-order valence-electron chi connectivity index (χ0n) is 23.0. The highest BCUT2D eigenvalue weighted by Gasteiger charge is 2.28. The Labute approximate surface area is 228 Å². The highest BCUT2D eigenvalue weighted by atomic mass is 16.4. The molecule has 2 unspecified atom stereocenters. The van der Waals surface area contributed by atoms with Gasteiger partial charge in [0, 0.05) is 37.5 Å². The number of hydrogen-bond donors (Lipinski definition) is 3. The van der Waals surface area contributed by atoms with Crippen molar-refractivity contribution < 1.29 is 19.8 Å². The molecule has 6 heteroatoms. The molecule has 0 aromatic heterocycles. The molecule has 2 aromatic rings. The summed E-state index contributed by atoms with van der Waals surface area (Å²) in [5.41, 5.74) is 3.16. The molecule has 0 saturated carbocycles. The predicted octanol–water partition coefficient (Wildman–Crippen LogP) is 6.25. The van der Waals surface area contributed by atoms with Crippen LogP contribution in [0.3, 0.4) is 0 Å². The number of nitrogens with zero attached hydrogens (tertiary/aromatic N) is 1. The first-order valence-electron chi connectivity index (χ1n) is 14.5. The molecule has 3 N–H and O–H groups in total. The summed E-state index contributed by atoms with van der Waals surface area (Å²) in [4.78, 5) is 27.4. The van der Waals surface area contributed by atoms with Gasteiger partial charge in [-0.25, -0.2) is 0 Å². The molecular formula is C32H46N2O4. The molecule has 6 nitrogen and oxygen atoms in total. The summed E-state index contributed by atoms with van der Waals surface area (Å²) in [6.45, 7) is 4.58. The van der Waals surface area contributed by atoms with Gasteiger partial charge in [-0.05, 0) is 73.8 Å². The van der Waals surface area contributed by atoms with Crippen LogP contribution in [-0.4, -0.2) is 48.3 Å². The predicted molar refractivity (Wildman–Crippen MR) is 154 cm³/mol. The van der Waals surface area contributed by atoms with Crippen LogP contribution in [0, 0.1) is 11.8 Å². The molecule has 3 rings (SSSR count). The van der Waals surface area contributed by atoms with Crippen LogP contribution in [0.1, 0.15) is 93.0 Å². The maximum atomic E-state index is 13.0. The lowest BCUT2D eigenvalue weighted by atomic mass is 9.84. The smallest absolute Gasteiger partial charge is 0.306 e. The highest BCUT2D eigenvalue weighted by Crippen LogP contribution is 2.30. The van der Waals surface area contributed by atoms with Crippen molar-refractivity contribution in [3.05, 3.63) is 65.7 Å². The van der Waals surface area contributed by atoms with E-state index in [1.54, 1.807) is 0 Å². The summed E-state index contributed by atoms with van der Waals surface area (Å²) in [7, 11) is 0. The zero-order valence-corrected chi connectivity index (χ0v) is 23.0. The number of carbonyl (C=O) groups excluding carboxylic acids is 1. The van der Waals surface area contributed by atoms with Crippen LogP contribution in [-0.2, 0) is 4.79 Å². The second kappa shape index (κ2) is 16.2. The Balaban J connectivity index is 1.54. The zero-order chi connectivity index (χ0) is 27.2. The molecule has 2 atom stereocenters. The van der Waals surface area contributed by atoms with Crippen molar-refractivity contribution in [2.24, 2.45) is 11.8 Å². The van der Waals surface area contributed by atoms with Gasteiger partial charge >= 0.3 is 5.97 Å². The first kappa shape index (κ1) is 29.7. The monoisotopic (exact) mass is 522 g/mol. The summed E-state index contributed by atoms with van der Waals surface area (Å²) in [6, 6.07) is 18.5. The maximum absolute atomic E-state index is 13.0. The Morgan fingerprint density at radius 2 is 1.61 bits per heavy atom. The lowest BCUT2D eigenvalue weighted by Crippen LogP contribution is -2.36. The van der Waals surface area contributed by atoms with E-state index in [1.807, 2.05) is 24.3 Å². The average Bonchev–Trinajstić information content (AvgIpc) is 2.96. The number of aliphatic carboxylic acids is 1. The lowest BCUT2D eigenvalue weighted by molar-refractivity contribution is -0.144. The number of rotatable bonds is 16. The van der Waals surface area contributed by atoms with Crippen LogP contribution in [0.25, 0.3) is 0 Å². The summed E-state index contributed by atoms with van der Waals surface area (Å²) in [5, 5.41) is 22.0. The van der Waals surface area contributed by atoms with Crippen LogP contribution in [0.5, 0.6) is 0 Å². The average molecular weight is 523 g/mol. The second-order valence-corrected chi connectivity index (χ2v) is 10.7. The molecule has 1 amide bonds. The first-order valence-corrected chi connectivity index (χ1v) is 14.5. The molecular weight excluding hydrogens is 476 g/mol. The molecule has 1 heterocycles. The fourth-order valence-corrected chi connectivity index (χ4v) is 5.66. The van der Waals surface area contributed by atoms with Gasteiger partial charge in [-0.15, -0.1) is 0 Å². The standard InChI is InChI=1S/C32H46N2O4/c1-2-3-4-6-13-28(30(32(37)38)14-9-10-23-35)24-33-31(36)27-15-17-29(18-16-27)34-21-19-26(20-22-34)25-11-7-5-8-12-25/h5,7-8,11-12,15-18,26,28,30,35H,2-4,6,9-10,13-14,19-24H2,1H3,(H,33,36)(H,37,38). The van der Waals surface area contributed by atoms with Crippen molar-refractivity contribution in [1.29, 1.82) is 0 Å². The number of hydrogen-bond acceptors (Lipinski definition) is 4. The second-order valence-electron chi connectivity index (χ2n) is 10.7.